The van der Waals surface area contributed by atoms with Gasteiger partial charge < -0.3 is 10.6 Å². The fourth-order valence-corrected chi connectivity index (χ4v) is 3.04. The number of hydrogen-bond acceptors (Lipinski definition) is 4. The summed E-state index contributed by atoms with van der Waals surface area (Å²) in [5.41, 5.74) is 3.22. The van der Waals surface area contributed by atoms with Gasteiger partial charge in [-0.05, 0) is 43.0 Å². The van der Waals surface area contributed by atoms with E-state index in [1.54, 1.807) is 4.68 Å². The fraction of sp³-hybridized carbons (Fsp3) is 0.318. The van der Waals surface area contributed by atoms with E-state index in [-0.39, 0.29) is 11.7 Å². The molecule has 0 spiro atoms. The summed E-state index contributed by atoms with van der Waals surface area (Å²) in [7, 11) is 0. The van der Waals surface area contributed by atoms with E-state index in [0.717, 1.165) is 24.3 Å². The number of para-hydroxylation sites is 2. The van der Waals surface area contributed by atoms with Gasteiger partial charge in [0.1, 0.15) is 5.82 Å². The number of nitrogens with zero attached hydrogens (tertiary/aromatic N) is 3. The van der Waals surface area contributed by atoms with Crippen molar-refractivity contribution >= 4 is 11.6 Å². The first-order valence-electron chi connectivity index (χ1n) is 9.66. The van der Waals surface area contributed by atoms with Crippen molar-refractivity contribution in [3.63, 3.8) is 0 Å². The lowest BCUT2D eigenvalue weighted by atomic mass is 10.0. The van der Waals surface area contributed by atoms with E-state index in [2.05, 4.69) is 40.6 Å². The largest absolute Gasteiger partial charge is 0.385 e. The Morgan fingerprint density at radius 3 is 2.50 bits per heavy atom. The van der Waals surface area contributed by atoms with Gasteiger partial charge in [-0.3, -0.25) is 4.79 Å². The van der Waals surface area contributed by atoms with Gasteiger partial charge in [-0.1, -0.05) is 50.2 Å². The van der Waals surface area contributed by atoms with Crippen LogP contribution >= 0.6 is 0 Å². The Morgan fingerprint density at radius 1 is 1.04 bits per heavy atom. The number of hydrogen-bond donors (Lipinski definition) is 2. The second kappa shape index (κ2) is 9.17. The zero-order valence-electron chi connectivity index (χ0n) is 16.6. The number of aryl methyl sites for hydroxylation is 1. The first-order valence-corrected chi connectivity index (χ1v) is 9.66. The summed E-state index contributed by atoms with van der Waals surface area (Å²) >= 11 is 0. The Labute approximate surface area is 166 Å². The molecule has 3 rings (SSSR count). The summed E-state index contributed by atoms with van der Waals surface area (Å²) in [6, 6.07) is 18.1. The van der Waals surface area contributed by atoms with Crippen molar-refractivity contribution in [3.05, 3.63) is 71.8 Å². The quantitative estimate of drug-likeness (QED) is 0.584. The van der Waals surface area contributed by atoms with Crippen LogP contribution in [0.4, 0.5) is 5.69 Å². The summed E-state index contributed by atoms with van der Waals surface area (Å²) in [5, 5.41) is 10.7. The molecular formula is C22H27N5O. The van der Waals surface area contributed by atoms with Crippen LogP contribution in [-0.4, -0.2) is 33.8 Å². The summed E-state index contributed by atoms with van der Waals surface area (Å²) in [6.07, 6.45) is 0.816. The number of amides is 1. The maximum Gasteiger partial charge on any atom is 0.290 e. The number of nitrogens with one attached hydrogen (secondary N) is 2. The molecule has 146 valence electrons. The van der Waals surface area contributed by atoms with Gasteiger partial charge >= 0.3 is 0 Å². The van der Waals surface area contributed by atoms with Crippen molar-refractivity contribution in [3.8, 4) is 5.69 Å². The van der Waals surface area contributed by atoms with Crippen LogP contribution in [-0.2, 0) is 0 Å². The highest BCUT2D eigenvalue weighted by Crippen LogP contribution is 2.23. The van der Waals surface area contributed by atoms with Crippen molar-refractivity contribution in [2.75, 3.05) is 18.4 Å². The standard InChI is InChI=1S/C22H27N5O/c1-16(2)19-12-7-8-13-20(19)27-17(3)25-21(26-27)22(28)24-15-9-14-23-18-10-5-4-6-11-18/h4-8,10-13,16,23H,9,14-15H2,1-3H3,(H,24,28). The second-order valence-electron chi connectivity index (χ2n) is 7.01. The monoisotopic (exact) mass is 377 g/mol. The summed E-state index contributed by atoms with van der Waals surface area (Å²) in [4.78, 5) is 16.8. The molecule has 0 saturated carbocycles. The third-order valence-corrected chi connectivity index (χ3v) is 4.50. The van der Waals surface area contributed by atoms with Gasteiger partial charge in [0.15, 0.2) is 0 Å². The molecular weight excluding hydrogens is 350 g/mol. The molecule has 2 aromatic carbocycles. The van der Waals surface area contributed by atoms with Crippen LogP contribution in [0.3, 0.4) is 0 Å². The van der Waals surface area contributed by atoms with Crippen LogP contribution in [0.5, 0.6) is 0 Å². The molecule has 0 saturated heterocycles. The number of aromatic nitrogens is 3. The van der Waals surface area contributed by atoms with Crippen molar-refractivity contribution in [1.82, 2.24) is 20.1 Å². The molecule has 0 aliphatic carbocycles. The number of anilines is 1. The average Bonchev–Trinajstić information content (AvgIpc) is 3.10. The highest BCUT2D eigenvalue weighted by atomic mass is 16.2. The second-order valence-corrected chi connectivity index (χ2v) is 7.01. The van der Waals surface area contributed by atoms with Gasteiger partial charge in [0.2, 0.25) is 5.82 Å². The number of rotatable bonds is 8. The molecule has 0 radical (unpaired) electrons. The van der Waals surface area contributed by atoms with E-state index in [1.165, 1.54) is 5.56 Å². The predicted octanol–water partition coefficient (Wildman–Crippen LogP) is 3.93. The highest BCUT2D eigenvalue weighted by molar-refractivity contribution is 5.90. The minimum absolute atomic E-state index is 0.201. The summed E-state index contributed by atoms with van der Waals surface area (Å²) in [5.74, 6) is 1.01. The van der Waals surface area contributed by atoms with Crippen molar-refractivity contribution < 1.29 is 4.79 Å². The van der Waals surface area contributed by atoms with Crippen LogP contribution in [0.1, 0.15) is 48.2 Å². The van der Waals surface area contributed by atoms with Crippen molar-refractivity contribution in [2.45, 2.75) is 33.1 Å². The Hall–Kier alpha value is -3.15. The maximum atomic E-state index is 12.4. The van der Waals surface area contributed by atoms with Gasteiger partial charge in [-0.2, -0.15) is 0 Å². The predicted molar refractivity (Wildman–Crippen MR) is 112 cm³/mol. The molecule has 0 aliphatic rings. The highest BCUT2D eigenvalue weighted by Gasteiger charge is 2.17. The van der Waals surface area contributed by atoms with E-state index in [4.69, 9.17) is 0 Å². The molecule has 0 unspecified atom stereocenters. The lowest BCUT2D eigenvalue weighted by Crippen LogP contribution is -2.27. The molecule has 0 atom stereocenters. The smallest absolute Gasteiger partial charge is 0.290 e. The molecule has 3 aromatic rings. The van der Waals surface area contributed by atoms with Crippen LogP contribution < -0.4 is 10.6 Å². The fourth-order valence-electron chi connectivity index (χ4n) is 3.04. The van der Waals surface area contributed by atoms with E-state index in [0.29, 0.717) is 18.3 Å². The molecule has 1 amide bonds. The van der Waals surface area contributed by atoms with Crippen LogP contribution in [0.25, 0.3) is 5.69 Å². The zero-order valence-corrected chi connectivity index (χ0v) is 16.6. The molecule has 0 aliphatic heterocycles. The van der Waals surface area contributed by atoms with Crippen LogP contribution in [0.15, 0.2) is 54.6 Å². The zero-order chi connectivity index (χ0) is 19.9. The Balaban J connectivity index is 1.58. The normalized spacial score (nSPS) is 10.9. The minimum atomic E-state index is -0.247. The third kappa shape index (κ3) is 4.76. The Kier molecular flexibility index (Phi) is 6.42. The van der Waals surface area contributed by atoms with Gasteiger partial charge in [0.05, 0.1) is 5.69 Å². The van der Waals surface area contributed by atoms with E-state index < -0.39 is 0 Å². The van der Waals surface area contributed by atoms with E-state index in [9.17, 15) is 4.79 Å². The number of carbonyl (C=O) groups excluding carboxylic acids is 1. The first-order chi connectivity index (χ1) is 13.6. The minimum Gasteiger partial charge on any atom is -0.385 e. The average molecular weight is 377 g/mol. The SMILES string of the molecule is Cc1nc(C(=O)NCCCNc2ccccc2)nn1-c1ccccc1C(C)C. The number of carbonyl (C=O) groups is 1. The molecule has 1 heterocycles. The molecule has 0 bridgehead atoms. The first kappa shape index (κ1) is 19.6. The van der Waals surface area contributed by atoms with Gasteiger partial charge in [-0.15, -0.1) is 5.10 Å². The lowest BCUT2D eigenvalue weighted by molar-refractivity contribution is 0.0943. The van der Waals surface area contributed by atoms with E-state index in [1.807, 2.05) is 55.5 Å². The Bertz CT molecular complexity index is 918. The van der Waals surface area contributed by atoms with Crippen molar-refractivity contribution in [2.24, 2.45) is 0 Å². The lowest BCUT2D eigenvalue weighted by Gasteiger charge is -2.12. The third-order valence-electron chi connectivity index (χ3n) is 4.50. The van der Waals surface area contributed by atoms with Crippen LogP contribution in [0.2, 0.25) is 0 Å². The van der Waals surface area contributed by atoms with E-state index >= 15 is 0 Å². The van der Waals surface area contributed by atoms with Gasteiger partial charge in [-0.25, -0.2) is 9.67 Å². The van der Waals surface area contributed by atoms with Crippen LogP contribution in [0, 0.1) is 6.92 Å². The molecule has 28 heavy (non-hydrogen) atoms. The molecule has 0 fully saturated rings. The van der Waals surface area contributed by atoms with Crippen molar-refractivity contribution in [1.29, 1.82) is 0 Å². The van der Waals surface area contributed by atoms with Gasteiger partial charge in [0.25, 0.3) is 5.91 Å². The molecule has 6 nitrogen and oxygen atoms in total. The molecule has 2 N–H and O–H groups in total. The topological polar surface area (TPSA) is 71.8 Å². The molecule has 6 heteroatoms. The summed E-state index contributed by atoms with van der Waals surface area (Å²) in [6.45, 7) is 7.50. The maximum absolute atomic E-state index is 12.4. The Morgan fingerprint density at radius 2 is 1.75 bits per heavy atom. The summed E-state index contributed by atoms with van der Waals surface area (Å²) < 4.78 is 1.75. The number of benzene rings is 2. The van der Waals surface area contributed by atoms with Gasteiger partial charge in [0, 0.05) is 18.8 Å². The molecule has 1 aromatic heterocycles.